The fourth-order valence-electron chi connectivity index (χ4n) is 10.8. The predicted molar refractivity (Wildman–Crippen MR) is 287 cm³/mol. The minimum atomic E-state index is -0.913. The van der Waals surface area contributed by atoms with Crippen LogP contribution in [0.15, 0.2) is 100 Å². The van der Waals surface area contributed by atoms with Crippen LogP contribution in [0.2, 0.25) is 20.1 Å². The summed E-state index contributed by atoms with van der Waals surface area (Å²) in [5, 5.41) is 36.0. The highest BCUT2D eigenvalue weighted by molar-refractivity contribution is 6.39. The van der Waals surface area contributed by atoms with Gasteiger partial charge in [0.1, 0.15) is 22.9 Å². The van der Waals surface area contributed by atoms with Crippen molar-refractivity contribution < 1.29 is 38.3 Å². The van der Waals surface area contributed by atoms with Gasteiger partial charge in [-0.1, -0.05) is 93.1 Å². The first kappa shape index (κ1) is 52.7. The van der Waals surface area contributed by atoms with Crippen molar-refractivity contribution in [2.75, 3.05) is 0 Å². The number of benzene rings is 4. The Labute approximate surface area is 454 Å². The number of nitrogens with zero attached hydrogens (tertiary/aromatic N) is 5. The molecule has 0 saturated heterocycles. The van der Waals surface area contributed by atoms with Gasteiger partial charge in [-0.25, -0.2) is 4.85 Å². The summed E-state index contributed by atoms with van der Waals surface area (Å²) in [4.78, 5) is 19.9. The van der Waals surface area contributed by atoms with E-state index >= 15 is 0 Å². The SMILES string of the molecule is Cn1ccc2ccc(C3(O)CCC(OCc4c(-c5c(Cl)cccc5Cl)noc4C4CC4)CC3)cc21.O=C=O.[C-]#[N+]c1cn(C)c2cc(C3(O)CCC(OCc4c(-c5c(Cl)cccc5Cl)noc4C4CC4)CC3)ccc12. The molecule has 0 amide bonds. The Morgan fingerprint density at radius 1 is 0.653 bits per heavy atom. The monoisotopic (exact) mass is 1090 g/mol. The number of aliphatic hydroxyl groups is 2. The number of carbonyl (C=O) groups excluding carboxylic acids is 2. The largest absolute Gasteiger partial charge is 0.385 e. The van der Waals surface area contributed by atoms with E-state index in [2.05, 4.69) is 44.0 Å². The van der Waals surface area contributed by atoms with E-state index in [1.165, 1.54) is 5.39 Å². The zero-order valence-corrected chi connectivity index (χ0v) is 44.5. The van der Waals surface area contributed by atoms with Crippen molar-refractivity contribution in [3.8, 4) is 22.5 Å². The summed E-state index contributed by atoms with van der Waals surface area (Å²) in [7, 11) is 3.96. The summed E-state index contributed by atoms with van der Waals surface area (Å²) in [6.07, 6.45) is 14.1. The Balaban J connectivity index is 0.000000163. The molecule has 17 heteroatoms. The van der Waals surface area contributed by atoms with Gasteiger partial charge in [-0.05, 0) is 136 Å². The lowest BCUT2D eigenvalue weighted by atomic mass is 9.78. The molecule has 0 spiro atoms. The Bertz CT molecular complexity index is 3410. The molecule has 0 aliphatic heterocycles. The smallest absolute Gasteiger partial charge is 0.373 e. The topological polar surface area (TPSA) is 159 Å². The average molecular weight is 1090 g/mol. The highest BCUT2D eigenvalue weighted by Gasteiger charge is 2.39. The number of ether oxygens (including phenoxy) is 2. The maximum atomic E-state index is 11.5. The van der Waals surface area contributed by atoms with E-state index in [4.69, 9.17) is 81.1 Å². The van der Waals surface area contributed by atoms with Crippen LogP contribution in [-0.2, 0) is 57.6 Å². The summed E-state index contributed by atoms with van der Waals surface area (Å²) in [6.45, 7) is 8.15. The number of rotatable bonds is 12. The molecule has 0 bridgehead atoms. The first-order valence-electron chi connectivity index (χ1n) is 25.3. The molecule has 0 radical (unpaired) electrons. The van der Waals surface area contributed by atoms with Gasteiger partial charge >= 0.3 is 6.15 Å². The Morgan fingerprint density at radius 3 is 1.53 bits per heavy atom. The molecule has 4 aromatic heterocycles. The van der Waals surface area contributed by atoms with Crippen LogP contribution in [0.3, 0.4) is 0 Å². The standard InChI is InChI=1S/C29H27Cl2N3O3.C28H28Cl2N2O3.CO2/c1-32-24-15-34(2)25-14-18(8-9-20(24)25)29(35)12-10-19(11-13-29)36-16-21-27(33-37-28(21)17-6-7-17)26-22(30)4-3-5-23(26)31;1-32-14-11-17-7-8-19(15-24(17)32)28(33)12-9-20(10-13-28)34-16-21-26(31-35-27(21)18-5-6-18)25-22(29)3-2-4-23(25)30;2-1-3/h3-5,8-9,14-15,17,19,35H,6-7,10-13,16H2,2H3;2-4,7-8,11,14-15,18,20,33H,5-6,9-10,12-13,16H2,1H3;. The van der Waals surface area contributed by atoms with Crippen LogP contribution in [0.5, 0.6) is 0 Å². The maximum absolute atomic E-state index is 11.5. The molecule has 8 aromatic rings. The molecule has 4 fully saturated rings. The fourth-order valence-corrected chi connectivity index (χ4v) is 12.0. The Morgan fingerprint density at radius 2 is 1.09 bits per heavy atom. The van der Waals surface area contributed by atoms with E-state index in [0.29, 0.717) is 99.0 Å². The van der Waals surface area contributed by atoms with Crippen molar-refractivity contribution in [3.05, 3.63) is 157 Å². The lowest BCUT2D eigenvalue weighted by Gasteiger charge is -2.36. The van der Waals surface area contributed by atoms with Gasteiger partial charge in [0, 0.05) is 77.0 Å². The molecule has 4 saturated carbocycles. The van der Waals surface area contributed by atoms with Crippen molar-refractivity contribution in [3.63, 3.8) is 0 Å². The van der Waals surface area contributed by atoms with Gasteiger partial charge < -0.3 is 37.9 Å². The summed E-state index contributed by atoms with van der Waals surface area (Å²) in [5.74, 6) is 2.51. The molecule has 13 nitrogen and oxygen atoms in total. The van der Waals surface area contributed by atoms with Crippen LogP contribution in [-0.4, -0.2) is 48.0 Å². The quantitative estimate of drug-likeness (QED) is 0.113. The third-order valence-corrected chi connectivity index (χ3v) is 16.7. The Kier molecular flexibility index (Phi) is 15.5. The van der Waals surface area contributed by atoms with Crippen molar-refractivity contribution in [1.29, 1.82) is 0 Å². The van der Waals surface area contributed by atoms with Gasteiger partial charge in [-0.15, -0.1) is 0 Å². The van der Waals surface area contributed by atoms with Crippen LogP contribution in [0.1, 0.15) is 123 Å². The van der Waals surface area contributed by atoms with Crippen LogP contribution < -0.4 is 0 Å². The molecule has 4 aliphatic carbocycles. The van der Waals surface area contributed by atoms with Crippen molar-refractivity contribution in [2.45, 2.75) is 126 Å². The van der Waals surface area contributed by atoms with E-state index < -0.39 is 11.2 Å². The molecular formula is C58H55Cl4N5O8. The van der Waals surface area contributed by atoms with Gasteiger partial charge in [0.2, 0.25) is 5.69 Å². The van der Waals surface area contributed by atoms with Gasteiger partial charge in [-0.3, -0.25) is 0 Å². The van der Waals surface area contributed by atoms with E-state index in [-0.39, 0.29) is 18.4 Å². The number of fused-ring (bicyclic) bond motifs is 2. The third-order valence-electron chi connectivity index (χ3n) is 15.4. The number of hydrogen-bond acceptors (Lipinski definition) is 10. The fraction of sp³-hybridized carbons (Fsp3) is 0.379. The second kappa shape index (κ2) is 22.1. The number of halogens is 4. The van der Waals surface area contributed by atoms with E-state index in [0.717, 1.165) is 102 Å². The summed E-state index contributed by atoms with van der Waals surface area (Å²) < 4.78 is 28.3. The van der Waals surface area contributed by atoms with Gasteiger partial charge in [0.05, 0.1) is 63.3 Å². The molecule has 0 unspecified atom stereocenters. The molecule has 4 heterocycles. The van der Waals surface area contributed by atoms with Crippen molar-refractivity contribution >= 4 is 80.0 Å². The maximum Gasteiger partial charge on any atom is 0.373 e. The van der Waals surface area contributed by atoms with Crippen molar-refractivity contribution in [1.82, 2.24) is 19.4 Å². The number of aryl methyl sites for hydroxylation is 2. The minimum absolute atomic E-state index is 0.0179. The first-order chi connectivity index (χ1) is 36.2. The summed E-state index contributed by atoms with van der Waals surface area (Å²) in [6, 6.07) is 25.2. The third kappa shape index (κ3) is 11.0. The van der Waals surface area contributed by atoms with Gasteiger partial charge in [-0.2, -0.15) is 9.59 Å². The molecule has 4 aliphatic rings. The molecule has 4 aromatic carbocycles. The van der Waals surface area contributed by atoms with Crippen LogP contribution in [0, 0.1) is 6.57 Å². The van der Waals surface area contributed by atoms with Gasteiger partial charge in [0.15, 0.2) is 0 Å². The number of aromatic nitrogens is 4. The predicted octanol–water partition coefficient (Wildman–Crippen LogP) is 14.7. The highest BCUT2D eigenvalue weighted by atomic mass is 35.5. The second-order valence-corrected chi connectivity index (χ2v) is 22.0. The summed E-state index contributed by atoms with van der Waals surface area (Å²) >= 11 is 25.9. The lowest BCUT2D eigenvalue weighted by molar-refractivity contribution is -0.191. The highest BCUT2D eigenvalue weighted by Crippen LogP contribution is 2.49. The molecule has 2 N–H and O–H groups in total. The van der Waals surface area contributed by atoms with Crippen LogP contribution in [0.4, 0.5) is 5.69 Å². The zero-order chi connectivity index (χ0) is 52.6. The van der Waals surface area contributed by atoms with E-state index in [1.54, 1.807) is 12.1 Å². The zero-order valence-electron chi connectivity index (χ0n) is 41.5. The van der Waals surface area contributed by atoms with Crippen molar-refractivity contribution in [2.24, 2.45) is 14.1 Å². The van der Waals surface area contributed by atoms with Crippen LogP contribution in [0.25, 0.3) is 49.2 Å². The lowest BCUT2D eigenvalue weighted by Crippen LogP contribution is -2.34. The van der Waals surface area contributed by atoms with Gasteiger partial charge in [0.25, 0.3) is 0 Å². The summed E-state index contributed by atoms with van der Waals surface area (Å²) in [5.41, 5.74) is 7.41. The number of hydrogen-bond donors (Lipinski definition) is 2. The molecule has 388 valence electrons. The van der Waals surface area contributed by atoms with Crippen LogP contribution >= 0.6 is 46.4 Å². The minimum Gasteiger partial charge on any atom is -0.385 e. The molecule has 75 heavy (non-hydrogen) atoms. The Hall–Kier alpha value is -5.75. The molecular weight excluding hydrogens is 1040 g/mol. The second-order valence-electron chi connectivity index (χ2n) is 20.3. The average Bonchev–Trinajstić information content (AvgIpc) is 4.30. The van der Waals surface area contributed by atoms with E-state index in [1.807, 2.05) is 73.5 Å². The normalized spacial score (nSPS) is 21.5. The molecule has 12 rings (SSSR count). The molecule has 0 atom stereocenters. The first-order valence-corrected chi connectivity index (χ1v) is 26.8. The van der Waals surface area contributed by atoms with E-state index in [9.17, 15) is 10.2 Å².